The van der Waals surface area contributed by atoms with E-state index in [0.717, 1.165) is 32.9 Å². The van der Waals surface area contributed by atoms with E-state index in [9.17, 15) is 0 Å². The van der Waals surface area contributed by atoms with Gasteiger partial charge in [0.1, 0.15) is 10.3 Å². The highest BCUT2D eigenvalue weighted by Gasteiger charge is 2.19. The van der Waals surface area contributed by atoms with Gasteiger partial charge in [0.05, 0.1) is 6.33 Å². The predicted octanol–water partition coefficient (Wildman–Crippen LogP) is 2.89. The monoisotopic (exact) mass is 294 g/mol. The molecule has 0 saturated heterocycles. The molecule has 4 nitrogen and oxygen atoms in total. The normalized spacial score (nSPS) is 13.1. The van der Waals surface area contributed by atoms with Gasteiger partial charge in [-0.2, -0.15) is 0 Å². The number of rotatable bonds is 1. The molecule has 17 heavy (non-hydrogen) atoms. The van der Waals surface area contributed by atoms with Gasteiger partial charge in [-0.15, -0.1) is 0 Å². The largest absolute Gasteiger partial charge is 0.454 e. The van der Waals surface area contributed by atoms with Crippen LogP contribution >= 0.6 is 15.9 Å². The lowest BCUT2D eigenvalue weighted by Gasteiger charge is -2.06. The van der Waals surface area contributed by atoms with Crippen molar-refractivity contribution in [2.75, 3.05) is 6.79 Å². The third-order valence-electron chi connectivity index (χ3n) is 2.84. The molecule has 1 aromatic carbocycles. The number of benzene rings is 1. The van der Waals surface area contributed by atoms with Crippen LogP contribution < -0.4 is 9.47 Å². The Labute approximate surface area is 107 Å². The van der Waals surface area contributed by atoms with E-state index in [-0.39, 0.29) is 0 Å². The van der Waals surface area contributed by atoms with Gasteiger partial charge in [-0.25, -0.2) is 4.98 Å². The summed E-state index contributed by atoms with van der Waals surface area (Å²) in [5.41, 5.74) is 3.10. The molecule has 5 heteroatoms. The molecule has 0 radical (unpaired) electrons. The van der Waals surface area contributed by atoms with Crippen molar-refractivity contribution >= 4 is 15.9 Å². The maximum atomic E-state index is 5.39. The summed E-state index contributed by atoms with van der Waals surface area (Å²) < 4.78 is 13.6. The molecule has 0 bridgehead atoms. The average Bonchev–Trinajstić information content (AvgIpc) is 2.86. The first-order valence-corrected chi connectivity index (χ1v) is 6.03. The first-order valence-electron chi connectivity index (χ1n) is 5.24. The Kier molecular flexibility index (Phi) is 2.36. The molecule has 3 rings (SSSR count). The number of nitrogens with zero attached hydrogens (tertiary/aromatic N) is 2. The Morgan fingerprint density at radius 3 is 2.65 bits per heavy atom. The van der Waals surface area contributed by atoms with Gasteiger partial charge in [-0.05, 0) is 40.5 Å². The van der Waals surface area contributed by atoms with E-state index in [1.54, 1.807) is 6.33 Å². The lowest BCUT2D eigenvalue weighted by Crippen LogP contribution is -1.92. The van der Waals surface area contributed by atoms with Gasteiger partial charge in [0.25, 0.3) is 0 Å². The average molecular weight is 295 g/mol. The van der Waals surface area contributed by atoms with Crippen molar-refractivity contribution in [3.8, 4) is 22.8 Å². The minimum atomic E-state index is 0.293. The van der Waals surface area contributed by atoms with E-state index in [1.165, 1.54) is 0 Å². The minimum absolute atomic E-state index is 0.293. The summed E-state index contributed by atoms with van der Waals surface area (Å²) in [6, 6.07) is 3.96. The first-order chi connectivity index (χ1) is 8.16. The van der Waals surface area contributed by atoms with Crippen molar-refractivity contribution in [2.24, 2.45) is 7.05 Å². The van der Waals surface area contributed by atoms with Crippen LogP contribution in [0.15, 0.2) is 23.1 Å². The molecule has 1 aliphatic rings. The van der Waals surface area contributed by atoms with Crippen LogP contribution in [0.4, 0.5) is 0 Å². The standard InChI is InChI=1S/C12H11BrN2O2/c1-7-3-9-10(17-6-16-9)4-8(7)11-12(13)15(2)5-14-11/h3-5H,6H2,1-2H3. The molecule has 1 aliphatic heterocycles. The number of aryl methyl sites for hydroxylation is 2. The summed E-state index contributed by atoms with van der Waals surface area (Å²) in [4.78, 5) is 4.39. The van der Waals surface area contributed by atoms with Crippen LogP contribution in [0.1, 0.15) is 5.56 Å². The molecule has 0 atom stereocenters. The highest BCUT2D eigenvalue weighted by molar-refractivity contribution is 9.10. The van der Waals surface area contributed by atoms with E-state index >= 15 is 0 Å². The molecule has 1 aromatic heterocycles. The van der Waals surface area contributed by atoms with Gasteiger partial charge in [-0.3, -0.25) is 0 Å². The lowest BCUT2D eigenvalue weighted by molar-refractivity contribution is 0.174. The zero-order valence-electron chi connectivity index (χ0n) is 9.53. The molecule has 0 spiro atoms. The Hall–Kier alpha value is -1.49. The van der Waals surface area contributed by atoms with Crippen molar-refractivity contribution in [1.82, 2.24) is 9.55 Å². The quantitative estimate of drug-likeness (QED) is 0.811. The summed E-state index contributed by atoms with van der Waals surface area (Å²) in [5, 5.41) is 0. The van der Waals surface area contributed by atoms with Gasteiger partial charge in [0, 0.05) is 12.6 Å². The third kappa shape index (κ3) is 1.61. The van der Waals surface area contributed by atoms with Gasteiger partial charge in [0.15, 0.2) is 11.5 Å². The maximum Gasteiger partial charge on any atom is 0.231 e. The summed E-state index contributed by atoms with van der Waals surface area (Å²) >= 11 is 3.53. The molecule has 0 unspecified atom stereocenters. The molecule has 0 aliphatic carbocycles. The van der Waals surface area contributed by atoms with Crippen LogP contribution in [-0.2, 0) is 7.05 Å². The van der Waals surface area contributed by atoms with Crippen molar-refractivity contribution in [3.63, 3.8) is 0 Å². The number of hydrogen-bond donors (Lipinski definition) is 0. The Balaban J connectivity index is 2.18. The molecular formula is C12H11BrN2O2. The number of aromatic nitrogens is 2. The topological polar surface area (TPSA) is 36.3 Å². The third-order valence-corrected chi connectivity index (χ3v) is 3.77. The second-order valence-corrected chi connectivity index (χ2v) is 4.77. The fraction of sp³-hybridized carbons (Fsp3) is 0.250. The second-order valence-electron chi connectivity index (χ2n) is 4.02. The molecule has 2 heterocycles. The predicted molar refractivity (Wildman–Crippen MR) is 67.2 cm³/mol. The van der Waals surface area contributed by atoms with Crippen LogP contribution in [0.25, 0.3) is 11.3 Å². The van der Waals surface area contributed by atoms with Crippen molar-refractivity contribution in [3.05, 3.63) is 28.6 Å². The lowest BCUT2D eigenvalue weighted by atomic mass is 10.1. The zero-order valence-corrected chi connectivity index (χ0v) is 11.1. The first kappa shape index (κ1) is 10.7. The molecule has 0 N–H and O–H groups in total. The van der Waals surface area contributed by atoms with Gasteiger partial charge in [0.2, 0.25) is 6.79 Å². The van der Waals surface area contributed by atoms with Gasteiger partial charge in [-0.1, -0.05) is 0 Å². The Bertz CT molecular complexity index is 592. The maximum absolute atomic E-state index is 5.39. The Morgan fingerprint density at radius 2 is 2.00 bits per heavy atom. The van der Waals surface area contributed by atoms with E-state index in [2.05, 4.69) is 20.9 Å². The molecule has 88 valence electrons. The molecule has 0 saturated carbocycles. The summed E-state index contributed by atoms with van der Waals surface area (Å²) in [5.74, 6) is 1.58. The van der Waals surface area contributed by atoms with Crippen LogP contribution in [0, 0.1) is 6.92 Å². The van der Waals surface area contributed by atoms with E-state index < -0.39 is 0 Å². The second kappa shape index (κ2) is 3.77. The number of ether oxygens (including phenoxy) is 2. The number of imidazole rings is 1. The summed E-state index contributed by atoms with van der Waals surface area (Å²) in [7, 11) is 1.95. The smallest absolute Gasteiger partial charge is 0.231 e. The zero-order chi connectivity index (χ0) is 12.0. The highest BCUT2D eigenvalue weighted by Crippen LogP contribution is 2.39. The van der Waals surface area contributed by atoms with Crippen LogP contribution in [0.5, 0.6) is 11.5 Å². The van der Waals surface area contributed by atoms with Crippen LogP contribution in [0.3, 0.4) is 0 Å². The van der Waals surface area contributed by atoms with Gasteiger partial charge >= 0.3 is 0 Å². The van der Waals surface area contributed by atoms with Gasteiger partial charge < -0.3 is 14.0 Å². The summed E-state index contributed by atoms with van der Waals surface area (Å²) in [6.45, 7) is 2.33. The fourth-order valence-electron chi connectivity index (χ4n) is 1.89. The Morgan fingerprint density at radius 1 is 1.29 bits per heavy atom. The number of hydrogen-bond acceptors (Lipinski definition) is 3. The molecule has 0 amide bonds. The molecular weight excluding hydrogens is 284 g/mol. The van der Waals surface area contributed by atoms with E-state index in [0.29, 0.717) is 6.79 Å². The SMILES string of the molecule is Cc1cc2c(cc1-c1ncn(C)c1Br)OCO2. The van der Waals surface area contributed by atoms with Crippen molar-refractivity contribution in [1.29, 1.82) is 0 Å². The summed E-state index contributed by atoms with van der Waals surface area (Å²) in [6.07, 6.45) is 1.78. The highest BCUT2D eigenvalue weighted by atomic mass is 79.9. The van der Waals surface area contributed by atoms with Crippen LogP contribution in [0.2, 0.25) is 0 Å². The number of halogens is 1. The molecule has 2 aromatic rings. The van der Waals surface area contributed by atoms with Crippen LogP contribution in [-0.4, -0.2) is 16.3 Å². The van der Waals surface area contributed by atoms with E-state index in [4.69, 9.17) is 9.47 Å². The van der Waals surface area contributed by atoms with E-state index in [1.807, 2.05) is 30.7 Å². The fourth-order valence-corrected chi connectivity index (χ4v) is 2.30. The number of fused-ring (bicyclic) bond motifs is 1. The van der Waals surface area contributed by atoms with Crippen molar-refractivity contribution < 1.29 is 9.47 Å². The minimum Gasteiger partial charge on any atom is -0.454 e. The molecule has 0 fully saturated rings. The van der Waals surface area contributed by atoms with Crippen molar-refractivity contribution in [2.45, 2.75) is 6.92 Å².